The fraction of sp³-hybridized carbons (Fsp3) is 0.192. The molecule has 0 atom stereocenters. The van der Waals surface area contributed by atoms with Crippen molar-refractivity contribution in [2.45, 2.75) is 32.8 Å². The highest BCUT2D eigenvalue weighted by molar-refractivity contribution is 7.21. The zero-order chi connectivity index (χ0) is 20.4. The Hall–Kier alpha value is -2.91. The van der Waals surface area contributed by atoms with Crippen LogP contribution in [0.25, 0.3) is 10.1 Å². The maximum Gasteiger partial charge on any atom is 0.206 e. The Morgan fingerprint density at radius 3 is 2.21 bits per heavy atom. The second kappa shape index (κ2) is 7.84. The molecule has 0 spiro atoms. The Morgan fingerprint density at radius 1 is 0.862 bits per heavy atom. The molecule has 1 heterocycles. The lowest BCUT2D eigenvalue weighted by Gasteiger charge is -2.19. The quantitative estimate of drug-likeness (QED) is 0.337. The lowest BCUT2D eigenvalue weighted by molar-refractivity contribution is 0.103. The van der Waals surface area contributed by atoms with Crippen LogP contribution in [-0.4, -0.2) is 5.78 Å². The van der Waals surface area contributed by atoms with E-state index < -0.39 is 0 Å². The molecule has 2 nitrogen and oxygen atoms in total. The number of fused-ring (bicyclic) bond motifs is 1. The van der Waals surface area contributed by atoms with E-state index in [1.165, 1.54) is 16.9 Å². The van der Waals surface area contributed by atoms with Gasteiger partial charge < -0.3 is 4.74 Å². The molecule has 4 rings (SSSR count). The van der Waals surface area contributed by atoms with Gasteiger partial charge in [0.05, 0.1) is 0 Å². The first-order chi connectivity index (χ1) is 13.9. The molecule has 4 aromatic rings. The van der Waals surface area contributed by atoms with Crippen molar-refractivity contribution in [3.05, 3.63) is 100 Å². The van der Waals surface area contributed by atoms with Gasteiger partial charge in [-0.05, 0) is 28.7 Å². The first kappa shape index (κ1) is 19.4. The molecule has 3 heteroatoms. The molecule has 146 valence electrons. The molecule has 0 unspecified atom stereocenters. The highest BCUT2D eigenvalue weighted by Gasteiger charge is 2.21. The lowest BCUT2D eigenvalue weighted by atomic mass is 9.87. The van der Waals surface area contributed by atoms with Gasteiger partial charge in [0, 0.05) is 15.6 Å². The Morgan fingerprint density at radius 2 is 1.52 bits per heavy atom. The first-order valence-corrected chi connectivity index (χ1v) is 10.6. The number of carbonyl (C=O) groups is 1. The summed E-state index contributed by atoms with van der Waals surface area (Å²) in [7, 11) is 0. The normalized spacial score (nSPS) is 11.6. The van der Waals surface area contributed by atoms with Crippen LogP contribution in [0.5, 0.6) is 5.75 Å². The topological polar surface area (TPSA) is 26.3 Å². The minimum Gasteiger partial charge on any atom is -0.487 e. The van der Waals surface area contributed by atoms with Gasteiger partial charge in [0.15, 0.2) is 0 Å². The van der Waals surface area contributed by atoms with Crippen LogP contribution in [0.4, 0.5) is 0 Å². The molecule has 0 aliphatic carbocycles. The van der Waals surface area contributed by atoms with Crippen LogP contribution >= 0.6 is 11.3 Å². The third-order valence-corrected chi connectivity index (χ3v) is 6.15. The Balaban J connectivity index is 1.65. The van der Waals surface area contributed by atoms with Crippen molar-refractivity contribution in [3.8, 4) is 5.75 Å². The van der Waals surface area contributed by atoms with Crippen molar-refractivity contribution in [2.75, 3.05) is 0 Å². The Bertz CT molecular complexity index is 1130. The molecule has 0 aliphatic rings. The van der Waals surface area contributed by atoms with Crippen molar-refractivity contribution < 1.29 is 9.53 Å². The van der Waals surface area contributed by atoms with Crippen LogP contribution in [0.1, 0.15) is 47.1 Å². The van der Waals surface area contributed by atoms with Crippen LogP contribution in [-0.2, 0) is 12.0 Å². The summed E-state index contributed by atoms with van der Waals surface area (Å²) in [6.45, 7) is 7.05. The van der Waals surface area contributed by atoms with Crippen molar-refractivity contribution in [1.82, 2.24) is 0 Å². The molecule has 0 radical (unpaired) electrons. The van der Waals surface area contributed by atoms with Crippen LogP contribution in [0, 0.1) is 0 Å². The molecule has 0 saturated heterocycles. The van der Waals surface area contributed by atoms with Gasteiger partial charge in [0.1, 0.15) is 17.2 Å². The average Bonchev–Trinajstić information content (AvgIpc) is 3.10. The van der Waals surface area contributed by atoms with Gasteiger partial charge in [-0.3, -0.25) is 4.79 Å². The van der Waals surface area contributed by atoms with Gasteiger partial charge in [-0.25, -0.2) is 0 Å². The summed E-state index contributed by atoms with van der Waals surface area (Å²) < 4.78 is 7.29. The summed E-state index contributed by atoms with van der Waals surface area (Å²) in [6, 6.07) is 25.9. The summed E-state index contributed by atoms with van der Waals surface area (Å²) in [5.41, 5.74) is 3.19. The number of benzene rings is 3. The van der Waals surface area contributed by atoms with Gasteiger partial charge in [-0.1, -0.05) is 87.5 Å². The largest absolute Gasteiger partial charge is 0.487 e. The summed E-state index contributed by atoms with van der Waals surface area (Å²) in [5, 5.41) is 0.989. The highest BCUT2D eigenvalue weighted by atomic mass is 32.1. The molecule has 0 aliphatic heterocycles. The number of hydrogen-bond acceptors (Lipinski definition) is 3. The molecule has 0 bridgehead atoms. The summed E-state index contributed by atoms with van der Waals surface area (Å²) in [4.78, 5) is 13.8. The monoisotopic (exact) mass is 400 g/mol. The van der Waals surface area contributed by atoms with E-state index in [1.54, 1.807) is 0 Å². The SMILES string of the molecule is CC(C)(C)c1ccc(COc2c(C(=O)c3ccccc3)sc3ccccc23)cc1. The third-order valence-electron chi connectivity index (χ3n) is 5.00. The fourth-order valence-electron chi connectivity index (χ4n) is 3.29. The summed E-state index contributed by atoms with van der Waals surface area (Å²) in [5.74, 6) is 0.684. The number of ether oxygens (including phenoxy) is 1. The number of hydrogen-bond donors (Lipinski definition) is 0. The van der Waals surface area contributed by atoms with Gasteiger partial charge in [-0.15, -0.1) is 11.3 Å². The molecular weight excluding hydrogens is 376 g/mol. The molecule has 0 fully saturated rings. The summed E-state index contributed by atoms with van der Waals surface area (Å²) in [6.07, 6.45) is 0. The maximum atomic E-state index is 13.1. The minimum absolute atomic E-state index is 0.00452. The van der Waals surface area contributed by atoms with Crippen molar-refractivity contribution in [2.24, 2.45) is 0 Å². The first-order valence-electron chi connectivity index (χ1n) is 9.77. The van der Waals surface area contributed by atoms with Gasteiger partial charge >= 0.3 is 0 Å². The Kier molecular flexibility index (Phi) is 5.25. The van der Waals surface area contributed by atoms with E-state index in [9.17, 15) is 4.79 Å². The van der Waals surface area contributed by atoms with E-state index in [4.69, 9.17) is 4.74 Å². The minimum atomic E-state index is 0.00452. The van der Waals surface area contributed by atoms with Gasteiger partial charge in [0.2, 0.25) is 5.78 Å². The van der Waals surface area contributed by atoms with E-state index in [0.29, 0.717) is 22.8 Å². The van der Waals surface area contributed by atoms with Crippen LogP contribution < -0.4 is 4.74 Å². The number of rotatable bonds is 5. The zero-order valence-electron chi connectivity index (χ0n) is 16.9. The van der Waals surface area contributed by atoms with E-state index in [-0.39, 0.29) is 11.2 Å². The molecule has 0 amide bonds. The lowest BCUT2D eigenvalue weighted by Crippen LogP contribution is -2.11. The van der Waals surface area contributed by atoms with E-state index >= 15 is 0 Å². The van der Waals surface area contributed by atoms with Crippen molar-refractivity contribution in [3.63, 3.8) is 0 Å². The zero-order valence-corrected chi connectivity index (χ0v) is 17.8. The van der Waals surface area contributed by atoms with Crippen molar-refractivity contribution >= 4 is 27.2 Å². The van der Waals surface area contributed by atoms with Crippen LogP contribution in [0.2, 0.25) is 0 Å². The molecule has 0 N–H and O–H groups in total. The standard InChI is InChI=1S/C26H24O2S/c1-26(2,3)20-15-13-18(14-16-20)17-28-24-21-11-7-8-12-22(21)29-25(24)23(27)19-9-5-4-6-10-19/h4-16H,17H2,1-3H3. The third kappa shape index (κ3) is 4.10. The number of thiophene rings is 1. The van der Waals surface area contributed by atoms with Gasteiger partial charge in [-0.2, -0.15) is 0 Å². The van der Waals surface area contributed by atoms with E-state index in [2.05, 4.69) is 45.0 Å². The molecule has 0 saturated carbocycles. The summed E-state index contributed by atoms with van der Waals surface area (Å²) >= 11 is 1.49. The van der Waals surface area contributed by atoms with E-state index in [0.717, 1.165) is 15.6 Å². The number of carbonyl (C=O) groups excluding carboxylic acids is 1. The predicted octanol–water partition coefficient (Wildman–Crippen LogP) is 7.01. The van der Waals surface area contributed by atoms with Gasteiger partial charge in [0.25, 0.3) is 0 Å². The van der Waals surface area contributed by atoms with E-state index in [1.807, 2.05) is 54.6 Å². The average molecular weight is 401 g/mol. The molecule has 1 aromatic heterocycles. The smallest absolute Gasteiger partial charge is 0.206 e. The second-order valence-corrected chi connectivity index (χ2v) is 9.24. The second-order valence-electron chi connectivity index (χ2n) is 8.19. The molecular formula is C26H24O2S. The fourth-order valence-corrected chi connectivity index (χ4v) is 4.40. The predicted molar refractivity (Wildman–Crippen MR) is 121 cm³/mol. The maximum absolute atomic E-state index is 13.1. The highest BCUT2D eigenvalue weighted by Crippen LogP contribution is 2.39. The van der Waals surface area contributed by atoms with Crippen LogP contribution in [0.15, 0.2) is 78.9 Å². The molecule has 29 heavy (non-hydrogen) atoms. The Labute approximate surface area is 175 Å². The van der Waals surface area contributed by atoms with Crippen LogP contribution in [0.3, 0.4) is 0 Å². The van der Waals surface area contributed by atoms with Crippen molar-refractivity contribution in [1.29, 1.82) is 0 Å². The number of ketones is 1. The molecule has 3 aromatic carbocycles.